The number of nitrogens with one attached hydrogen (secondary N) is 2. The Balaban J connectivity index is 1.75. The Morgan fingerprint density at radius 1 is 1.14 bits per heavy atom. The maximum absolute atomic E-state index is 16.4. The molecule has 4 atom stereocenters. The highest BCUT2D eigenvalue weighted by atomic mass is 19.4. The van der Waals surface area contributed by atoms with Crippen LogP contribution in [0.3, 0.4) is 0 Å². The van der Waals surface area contributed by atoms with E-state index in [2.05, 4.69) is 25.6 Å². The molecule has 2 aliphatic heterocycles. The molecule has 5 rings (SSSR count). The number of benzene rings is 1. The Hall–Kier alpha value is -3.59. The molecule has 15 heteroatoms. The Morgan fingerprint density at radius 3 is 2.58 bits per heavy atom. The van der Waals surface area contributed by atoms with Gasteiger partial charge in [0.25, 0.3) is 0 Å². The van der Waals surface area contributed by atoms with Crippen molar-refractivity contribution in [3.63, 3.8) is 0 Å². The first-order valence-electron chi connectivity index (χ1n) is 13.9. The third-order valence-electron chi connectivity index (χ3n) is 7.65. The third-order valence-corrected chi connectivity index (χ3v) is 7.65. The van der Waals surface area contributed by atoms with Gasteiger partial charge in [0.05, 0.1) is 43.1 Å². The summed E-state index contributed by atoms with van der Waals surface area (Å²) in [6.07, 6.45) is -5.63. The first-order chi connectivity index (χ1) is 20.4. The SMILES string of the molecule is CCC1CNc2nc(OCC3COC[C@@H]3F)nc3c(F)c(-c4cc(N)c(F)c(C)c4C(F)(F)F)nc(c23)O[C@@H](C)CCN1. The van der Waals surface area contributed by atoms with Crippen molar-refractivity contribution in [3.05, 3.63) is 28.8 Å². The summed E-state index contributed by atoms with van der Waals surface area (Å²) < 4.78 is 105. The predicted molar refractivity (Wildman–Crippen MR) is 147 cm³/mol. The Kier molecular flexibility index (Phi) is 8.75. The lowest BCUT2D eigenvalue weighted by atomic mass is 9.96. The number of nitrogens with two attached hydrogens (primary N) is 1. The van der Waals surface area contributed by atoms with Gasteiger partial charge in [-0.25, -0.2) is 18.2 Å². The number of alkyl halides is 4. The van der Waals surface area contributed by atoms with Crippen LogP contribution in [0.2, 0.25) is 0 Å². The molecule has 0 radical (unpaired) electrons. The minimum Gasteiger partial charge on any atom is -0.474 e. The molecule has 234 valence electrons. The van der Waals surface area contributed by atoms with E-state index in [1.807, 2.05) is 6.92 Å². The van der Waals surface area contributed by atoms with Gasteiger partial charge in [-0.15, -0.1) is 0 Å². The van der Waals surface area contributed by atoms with Crippen LogP contribution in [0.4, 0.5) is 37.8 Å². The molecule has 0 spiro atoms. The average Bonchev–Trinajstić information content (AvgIpc) is 3.35. The fraction of sp³-hybridized carbons (Fsp3) is 0.536. The summed E-state index contributed by atoms with van der Waals surface area (Å²) in [6, 6.07) is 0.340. The normalized spacial score (nSPS) is 23.0. The summed E-state index contributed by atoms with van der Waals surface area (Å²) in [7, 11) is 0. The van der Waals surface area contributed by atoms with Gasteiger partial charge < -0.3 is 30.6 Å². The lowest BCUT2D eigenvalue weighted by molar-refractivity contribution is -0.137. The molecule has 0 saturated carbocycles. The second-order valence-corrected chi connectivity index (χ2v) is 10.8. The first kappa shape index (κ1) is 30.9. The lowest BCUT2D eigenvalue weighted by Crippen LogP contribution is -2.36. The van der Waals surface area contributed by atoms with Gasteiger partial charge in [0.1, 0.15) is 34.4 Å². The zero-order valence-corrected chi connectivity index (χ0v) is 23.7. The van der Waals surface area contributed by atoms with E-state index in [1.54, 1.807) is 6.92 Å². The van der Waals surface area contributed by atoms with Crippen LogP contribution in [0, 0.1) is 24.5 Å². The van der Waals surface area contributed by atoms with Crippen LogP contribution in [0.15, 0.2) is 6.07 Å². The molecule has 0 amide bonds. The zero-order valence-electron chi connectivity index (χ0n) is 23.7. The highest BCUT2D eigenvalue weighted by molar-refractivity contribution is 5.96. The van der Waals surface area contributed by atoms with E-state index in [1.165, 1.54) is 0 Å². The number of aromatic nitrogens is 3. The zero-order chi connectivity index (χ0) is 31.1. The van der Waals surface area contributed by atoms with Gasteiger partial charge in [0.2, 0.25) is 5.88 Å². The van der Waals surface area contributed by atoms with E-state index in [9.17, 15) is 22.0 Å². The number of hydrogen-bond donors (Lipinski definition) is 3. The molecule has 9 nitrogen and oxygen atoms in total. The van der Waals surface area contributed by atoms with Crippen LogP contribution in [0.5, 0.6) is 11.9 Å². The van der Waals surface area contributed by atoms with Crippen molar-refractivity contribution in [1.29, 1.82) is 0 Å². The number of halogens is 6. The van der Waals surface area contributed by atoms with Gasteiger partial charge in [0.15, 0.2) is 5.82 Å². The Bertz CT molecular complexity index is 1510. The molecule has 2 unspecified atom stereocenters. The quantitative estimate of drug-likeness (QED) is 0.264. The van der Waals surface area contributed by atoms with Crippen molar-refractivity contribution in [2.45, 2.75) is 58.1 Å². The fourth-order valence-electron chi connectivity index (χ4n) is 5.18. The second kappa shape index (κ2) is 12.2. The molecule has 4 heterocycles. The molecule has 1 aromatic carbocycles. The molecule has 2 aromatic heterocycles. The summed E-state index contributed by atoms with van der Waals surface area (Å²) >= 11 is 0. The summed E-state index contributed by atoms with van der Waals surface area (Å²) in [6.45, 7) is 5.35. The lowest BCUT2D eigenvalue weighted by Gasteiger charge is -2.21. The minimum atomic E-state index is -5.08. The van der Waals surface area contributed by atoms with E-state index < -0.39 is 69.6 Å². The van der Waals surface area contributed by atoms with Crippen LogP contribution in [0.1, 0.15) is 37.8 Å². The third kappa shape index (κ3) is 6.23. The number of ether oxygens (including phenoxy) is 3. The molecule has 0 aliphatic carbocycles. The smallest absolute Gasteiger partial charge is 0.417 e. The van der Waals surface area contributed by atoms with E-state index in [0.717, 1.165) is 13.3 Å². The number of nitrogen functional groups attached to an aromatic ring is 1. The van der Waals surface area contributed by atoms with Crippen molar-refractivity contribution < 1.29 is 40.6 Å². The summed E-state index contributed by atoms with van der Waals surface area (Å²) in [5, 5.41) is 6.50. The summed E-state index contributed by atoms with van der Waals surface area (Å²) in [5.41, 5.74) is 0.812. The fourth-order valence-corrected chi connectivity index (χ4v) is 5.18. The monoisotopic (exact) mass is 614 g/mol. The number of pyridine rings is 1. The highest BCUT2D eigenvalue weighted by Gasteiger charge is 2.39. The minimum absolute atomic E-state index is 0.0114. The maximum Gasteiger partial charge on any atom is 0.417 e. The van der Waals surface area contributed by atoms with Crippen LogP contribution < -0.4 is 25.8 Å². The molecule has 3 aromatic rings. The standard InChI is InChI=1S/C28H32F6N6O3/c1-4-15-8-37-25-19-24(39-27(40-25)42-10-14-9-41-11-17(14)29)22(31)23(38-26(19)43-12(2)5-6-36-15)16-7-18(35)21(30)13(3)20(16)28(32,33)34/h7,12,14-15,17,36H,4-6,8-11,35H2,1-3H3,(H,37,39,40)/t12-,14?,15?,17-/m0/s1. The van der Waals surface area contributed by atoms with Gasteiger partial charge in [-0.3, -0.25) is 0 Å². The van der Waals surface area contributed by atoms with E-state index in [-0.39, 0.29) is 49.0 Å². The van der Waals surface area contributed by atoms with Crippen molar-refractivity contribution >= 4 is 22.4 Å². The van der Waals surface area contributed by atoms with Gasteiger partial charge in [-0.1, -0.05) is 6.92 Å². The molecule has 4 N–H and O–H groups in total. The van der Waals surface area contributed by atoms with Gasteiger partial charge >= 0.3 is 12.2 Å². The molecular weight excluding hydrogens is 582 g/mol. The topological polar surface area (TPSA) is 116 Å². The van der Waals surface area contributed by atoms with Gasteiger partial charge in [0, 0.05) is 18.2 Å². The van der Waals surface area contributed by atoms with Gasteiger partial charge in [-0.2, -0.15) is 23.1 Å². The van der Waals surface area contributed by atoms with Crippen LogP contribution in [0.25, 0.3) is 22.2 Å². The van der Waals surface area contributed by atoms with Crippen LogP contribution >= 0.6 is 0 Å². The molecule has 43 heavy (non-hydrogen) atoms. The van der Waals surface area contributed by atoms with Crippen LogP contribution in [-0.4, -0.2) is 66.2 Å². The summed E-state index contributed by atoms with van der Waals surface area (Å²) in [4.78, 5) is 12.8. The van der Waals surface area contributed by atoms with E-state index in [4.69, 9.17) is 19.9 Å². The van der Waals surface area contributed by atoms with Gasteiger partial charge in [-0.05, 0) is 44.9 Å². The summed E-state index contributed by atoms with van der Waals surface area (Å²) in [5.74, 6) is -3.31. The number of rotatable bonds is 5. The highest BCUT2D eigenvalue weighted by Crippen LogP contribution is 2.44. The molecule has 0 bridgehead atoms. The number of hydrogen-bond acceptors (Lipinski definition) is 9. The van der Waals surface area contributed by atoms with Crippen molar-refractivity contribution in [3.8, 4) is 23.1 Å². The van der Waals surface area contributed by atoms with Crippen LogP contribution in [-0.2, 0) is 10.9 Å². The van der Waals surface area contributed by atoms with Crippen molar-refractivity contribution in [2.75, 3.05) is 44.0 Å². The molecule has 1 fully saturated rings. The molecule has 2 aliphatic rings. The van der Waals surface area contributed by atoms with E-state index >= 15 is 4.39 Å². The van der Waals surface area contributed by atoms with E-state index in [0.29, 0.717) is 25.6 Å². The Morgan fingerprint density at radius 2 is 1.91 bits per heavy atom. The number of nitrogens with zero attached hydrogens (tertiary/aromatic N) is 3. The average molecular weight is 615 g/mol. The second-order valence-electron chi connectivity index (χ2n) is 10.8. The molecule has 1 saturated heterocycles. The first-order valence-corrected chi connectivity index (χ1v) is 13.9. The van der Waals surface area contributed by atoms with Crippen molar-refractivity contribution in [1.82, 2.24) is 20.3 Å². The Labute approximate surface area is 243 Å². The maximum atomic E-state index is 16.4. The largest absolute Gasteiger partial charge is 0.474 e. The van der Waals surface area contributed by atoms with Crippen molar-refractivity contribution in [2.24, 2.45) is 5.92 Å². The number of anilines is 2. The molecular formula is C28H32F6N6O3. The predicted octanol–water partition coefficient (Wildman–Crippen LogP) is 5.19.